The highest BCUT2D eigenvalue weighted by Crippen LogP contribution is 2.10. The van der Waals surface area contributed by atoms with Gasteiger partial charge in [0.25, 0.3) is 0 Å². The maximum absolute atomic E-state index is 12.0. The number of rotatable bonds is 3. The SMILES string of the molecule is CC(C)C(CN)NC(=O)N1CCCCCC1. The summed E-state index contributed by atoms with van der Waals surface area (Å²) in [6.07, 6.45) is 4.74. The summed E-state index contributed by atoms with van der Waals surface area (Å²) in [7, 11) is 0. The monoisotopic (exact) mass is 227 g/mol. The number of nitrogens with one attached hydrogen (secondary N) is 1. The molecule has 1 heterocycles. The highest BCUT2D eigenvalue weighted by Gasteiger charge is 2.19. The lowest BCUT2D eigenvalue weighted by Gasteiger charge is -2.26. The predicted molar refractivity (Wildman–Crippen MR) is 66.3 cm³/mol. The van der Waals surface area contributed by atoms with Crippen LogP contribution in [0.1, 0.15) is 39.5 Å². The van der Waals surface area contributed by atoms with Gasteiger partial charge in [0.2, 0.25) is 0 Å². The highest BCUT2D eigenvalue weighted by atomic mass is 16.2. The first-order chi connectivity index (χ1) is 7.65. The predicted octanol–water partition coefficient (Wildman–Crippen LogP) is 1.56. The third kappa shape index (κ3) is 4.00. The van der Waals surface area contributed by atoms with Crippen LogP contribution in [0.4, 0.5) is 4.79 Å². The minimum atomic E-state index is 0.0612. The average molecular weight is 227 g/mol. The normalized spacial score (nSPS) is 19.4. The van der Waals surface area contributed by atoms with E-state index in [2.05, 4.69) is 19.2 Å². The Balaban J connectivity index is 2.42. The van der Waals surface area contributed by atoms with E-state index in [-0.39, 0.29) is 12.1 Å². The van der Waals surface area contributed by atoms with E-state index in [1.807, 2.05) is 4.90 Å². The summed E-state index contributed by atoms with van der Waals surface area (Å²) >= 11 is 0. The van der Waals surface area contributed by atoms with Crippen LogP contribution in [-0.4, -0.2) is 36.6 Å². The Hall–Kier alpha value is -0.770. The topological polar surface area (TPSA) is 58.4 Å². The van der Waals surface area contributed by atoms with Crippen LogP contribution in [0.5, 0.6) is 0 Å². The first-order valence-corrected chi connectivity index (χ1v) is 6.40. The summed E-state index contributed by atoms with van der Waals surface area (Å²) in [6, 6.07) is 0.154. The quantitative estimate of drug-likeness (QED) is 0.768. The van der Waals surface area contributed by atoms with Crippen molar-refractivity contribution in [3.05, 3.63) is 0 Å². The van der Waals surface area contributed by atoms with Crippen LogP contribution in [0, 0.1) is 5.92 Å². The Morgan fingerprint density at radius 1 is 1.25 bits per heavy atom. The van der Waals surface area contributed by atoms with Crippen LogP contribution in [0.2, 0.25) is 0 Å². The summed E-state index contributed by atoms with van der Waals surface area (Å²) in [5.74, 6) is 0.390. The second kappa shape index (κ2) is 6.74. The molecule has 0 aromatic rings. The minimum absolute atomic E-state index is 0.0612. The zero-order valence-corrected chi connectivity index (χ0v) is 10.5. The molecule has 4 heteroatoms. The Bertz CT molecular complexity index is 210. The molecule has 0 aliphatic carbocycles. The number of likely N-dealkylation sites (tertiary alicyclic amines) is 1. The highest BCUT2D eigenvalue weighted by molar-refractivity contribution is 5.74. The molecule has 1 unspecified atom stereocenters. The fourth-order valence-corrected chi connectivity index (χ4v) is 2.02. The van der Waals surface area contributed by atoms with Gasteiger partial charge in [0.15, 0.2) is 0 Å². The second-order valence-electron chi connectivity index (χ2n) is 4.94. The summed E-state index contributed by atoms with van der Waals surface area (Å²) in [4.78, 5) is 13.9. The van der Waals surface area contributed by atoms with Gasteiger partial charge in [-0.3, -0.25) is 0 Å². The molecule has 0 saturated carbocycles. The van der Waals surface area contributed by atoms with Crippen LogP contribution in [-0.2, 0) is 0 Å². The molecule has 0 spiro atoms. The van der Waals surface area contributed by atoms with Crippen LogP contribution < -0.4 is 11.1 Å². The number of carbonyl (C=O) groups excluding carboxylic acids is 1. The molecule has 0 radical (unpaired) electrons. The standard InChI is InChI=1S/C12H25N3O/c1-10(2)11(9-13)14-12(16)15-7-5-3-4-6-8-15/h10-11H,3-9,13H2,1-2H3,(H,14,16). The number of nitrogens with two attached hydrogens (primary N) is 1. The van der Waals surface area contributed by atoms with Crippen molar-refractivity contribution < 1.29 is 4.79 Å². The van der Waals surface area contributed by atoms with E-state index in [0.717, 1.165) is 25.9 Å². The molecule has 16 heavy (non-hydrogen) atoms. The lowest BCUT2D eigenvalue weighted by molar-refractivity contribution is 0.192. The Morgan fingerprint density at radius 2 is 1.81 bits per heavy atom. The van der Waals surface area contributed by atoms with Gasteiger partial charge in [-0.1, -0.05) is 26.7 Å². The lowest BCUT2D eigenvalue weighted by atomic mass is 10.1. The molecule has 2 amide bonds. The maximum Gasteiger partial charge on any atom is 0.317 e. The molecule has 4 nitrogen and oxygen atoms in total. The van der Waals surface area contributed by atoms with Crippen LogP contribution >= 0.6 is 0 Å². The van der Waals surface area contributed by atoms with Crippen molar-refractivity contribution in [2.45, 2.75) is 45.6 Å². The van der Waals surface area contributed by atoms with Gasteiger partial charge >= 0.3 is 6.03 Å². The van der Waals surface area contributed by atoms with Gasteiger partial charge in [-0.05, 0) is 18.8 Å². The zero-order valence-electron chi connectivity index (χ0n) is 10.5. The molecule has 0 aromatic heterocycles. The molecule has 0 aromatic carbocycles. The van der Waals surface area contributed by atoms with Gasteiger partial charge in [0.1, 0.15) is 0 Å². The number of amides is 2. The number of carbonyl (C=O) groups is 1. The van der Waals surface area contributed by atoms with E-state index in [4.69, 9.17) is 5.73 Å². The molecule has 0 bridgehead atoms. The summed E-state index contributed by atoms with van der Waals surface area (Å²) < 4.78 is 0. The van der Waals surface area contributed by atoms with E-state index in [1.165, 1.54) is 12.8 Å². The molecule has 1 fully saturated rings. The minimum Gasteiger partial charge on any atom is -0.334 e. The summed E-state index contributed by atoms with van der Waals surface area (Å²) in [5.41, 5.74) is 5.65. The Morgan fingerprint density at radius 3 is 2.25 bits per heavy atom. The number of urea groups is 1. The average Bonchev–Trinajstić information content (AvgIpc) is 2.53. The fraction of sp³-hybridized carbons (Fsp3) is 0.917. The van der Waals surface area contributed by atoms with Gasteiger partial charge in [-0.15, -0.1) is 0 Å². The van der Waals surface area contributed by atoms with Crippen LogP contribution in [0.25, 0.3) is 0 Å². The molecular weight excluding hydrogens is 202 g/mol. The molecule has 3 N–H and O–H groups in total. The van der Waals surface area contributed by atoms with E-state index >= 15 is 0 Å². The van der Waals surface area contributed by atoms with Crippen molar-refractivity contribution in [1.82, 2.24) is 10.2 Å². The first-order valence-electron chi connectivity index (χ1n) is 6.40. The van der Waals surface area contributed by atoms with Crippen molar-refractivity contribution in [3.8, 4) is 0 Å². The molecule has 94 valence electrons. The van der Waals surface area contributed by atoms with E-state index in [9.17, 15) is 4.79 Å². The zero-order chi connectivity index (χ0) is 12.0. The lowest BCUT2D eigenvalue weighted by Crippen LogP contribution is -2.49. The van der Waals surface area contributed by atoms with Crippen LogP contribution in [0.15, 0.2) is 0 Å². The smallest absolute Gasteiger partial charge is 0.317 e. The van der Waals surface area contributed by atoms with Gasteiger partial charge < -0.3 is 16.0 Å². The van der Waals surface area contributed by atoms with Gasteiger partial charge in [0.05, 0.1) is 0 Å². The fourth-order valence-electron chi connectivity index (χ4n) is 2.02. The van der Waals surface area contributed by atoms with Gasteiger partial charge in [-0.25, -0.2) is 4.79 Å². The largest absolute Gasteiger partial charge is 0.334 e. The van der Waals surface area contributed by atoms with Crippen molar-refractivity contribution >= 4 is 6.03 Å². The van der Waals surface area contributed by atoms with E-state index in [1.54, 1.807) is 0 Å². The second-order valence-corrected chi connectivity index (χ2v) is 4.94. The van der Waals surface area contributed by atoms with Crippen molar-refractivity contribution in [3.63, 3.8) is 0 Å². The number of hydrogen-bond donors (Lipinski definition) is 2. The number of hydrogen-bond acceptors (Lipinski definition) is 2. The molecule has 1 atom stereocenters. The molecule has 1 aliphatic rings. The Labute approximate surface area is 98.6 Å². The van der Waals surface area contributed by atoms with E-state index < -0.39 is 0 Å². The van der Waals surface area contributed by atoms with Gasteiger partial charge in [0, 0.05) is 25.7 Å². The van der Waals surface area contributed by atoms with Crippen molar-refractivity contribution in [2.75, 3.05) is 19.6 Å². The molecule has 1 saturated heterocycles. The van der Waals surface area contributed by atoms with Gasteiger partial charge in [-0.2, -0.15) is 0 Å². The molecule has 1 rings (SSSR count). The van der Waals surface area contributed by atoms with Crippen molar-refractivity contribution in [1.29, 1.82) is 0 Å². The summed E-state index contributed by atoms with van der Waals surface area (Å²) in [6.45, 7) is 6.46. The van der Waals surface area contributed by atoms with Crippen LogP contribution in [0.3, 0.4) is 0 Å². The first kappa shape index (κ1) is 13.3. The third-order valence-corrected chi connectivity index (χ3v) is 3.26. The third-order valence-electron chi connectivity index (χ3n) is 3.26. The molecule has 1 aliphatic heterocycles. The Kier molecular flexibility index (Phi) is 5.60. The molecular formula is C12H25N3O. The van der Waals surface area contributed by atoms with Crippen molar-refractivity contribution in [2.24, 2.45) is 11.7 Å². The maximum atomic E-state index is 12.0. The van der Waals surface area contributed by atoms with E-state index in [0.29, 0.717) is 12.5 Å². The summed E-state index contributed by atoms with van der Waals surface area (Å²) in [5, 5.41) is 3.03. The number of nitrogens with zero attached hydrogens (tertiary/aromatic N) is 1.